The Balaban J connectivity index is 2.84. The third-order valence-electron chi connectivity index (χ3n) is 2.79. The number of allylic oxidation sites excluding steroid dienone is 2. The highest BCUT2D eigenvalue weighted by molar-refractivity contribution is 5.78. The molecule has 0 aliphatic carbocycles. The van der Waals surface area contributed by atoms with Gasteiger partial charge in [-0.05, 0) is 51.0 Å². The second-order valence-electron chi connectivity index (χ2n) is 4.60. The maximum Gasteiger partial charge on any atom is 0.349 e. The maximum absolute atomic E-state index is 11.5. The second-order valence-corrected chi connectivity index (χ2v) is 4.60. The number of carbonyl (C=O) groups is 1. The van der Waals surface area contributed by atoms with E-state index in [0.717, 1.165) is 5.56 Å². The zero-order chi connectivity index (χ0) is 13.8. The molecule has 18 heavy (non-hydrogen) atoms. The molecule has 0 aliphatic rings. The van der Waals surface area contributed by atoms with Crippen molar-refractivity contribution >= 4 is 11.5 Å². The number of hydrogen-bond donors (Lipinski definition) is 0. The van der Waals surface area contributed by atoms with Crippen molar-refractivity contribution in [3.05, 3.63) is 35.9 Å². The van der Waals surface area contributed by atoms with Crippen molar-refractivity contribution in [1.82, 2.24) is 0 Å². The first-order chi connectivity index (χ1) is 8.40. The zero-order valence-electron chi connectivity index (χ0n) is 11.6. The van der Waals surface area contributed by atoms with Crippen LogP contribution in [0, 0.1) is 0 Å². The van der Waals surface area contributed by atoms with Gasteiger partial charge in [-0.25, -0.2) is 4.79 Å². The Morgan fingerprint density at radius 2 is 1.78 bits per heavy atom. The predicted molar refractivity (Wildman–Crippen MR) is 72.5 cm³/mol. The van der Waals surface area contributed by atoms with E-state index in [0.29, 0.717) is 5.75 Å². The lowest BCUT2D eigenvalue weighted by Gasteiger charge is -2.23. The van der Waals surface area contributed by atoms with Crippen molar-refractivity contribution < 1.29 is 14.3 Å². The average molecular weight is 248 g/mol. The summed E-state index contributed by atoms with van der Waals surface area (Å²) in [7, 11) is 1.35. The highest BCUT2D eigenvalue weighted by Crippen LogP contribution is 2.22. The van der Waals surface area contributed by atoms with Gasteiger partial charge in [0.2, 0.25) is 0 Å². The van der Waals surface area contributed by atoms with Crippen LogP contribution < -0.4 is 4.74 Å². The van der Waals surface area contributed by atoms with Crippen LogP contribution in [0.2, 0.25) is 0 Å². The highest BCUT2D eigenvalue weighted by atomic mass is 16.6. The molecule has 0 saturated carbocycles. The minimum Gasteiger partial charge on any atom is -0.476 e. The lowest BCUT2D eigenvalue weighted by molar-refractivity contribution is -0.156. The molecule has 98 valence electrons. The molecule has 0 atom stereocenters. The first-order valence-electron chi connectivity index (χ1n) is 5.91. The van der Waals surface area contributed by atoms with E-state index in [1.165, 1.54) is 12.7 Å². The van der Waals surface area contributed by atoms with Crippen LogP contribution in [0.3, 0.4) is 0 Å². The molecular formula is C15H20O3. The molecule has 1 aromatic rings. The van der Waals surface area contributed by atoms with Crippen molar-refractivity contribution in [3.63, 3.8) is 0 Å². The van der Waals surface area contributed by atoms with E-state index in [-0.39, 0.29) is 0 Å². The number of hydrogen-bond acceptors (Lipinski definition) is 3. The van der Waals surface area contributed by atoms with Crippen LogP contribution in [0.5, 0.6) is 5.75 Å². The number of ether oxygens (including phenoxy) is 2. The minimum absolute atomic E-state index is 0.392. The van der Waals surface area contributed by atoms with Gasteiger partial charge in [0.15, 0.2) is 5.60 Å². The van der Waals surface area contributed by atoms with Gasteiger partial charge in [-0.3, -0.25) is 0 Å². The Morgan fingerprint density at radius 1 is 1.22 bits per heavy atom. The van der Waals surface area contributed by atoms with Gasteiger partial charge in [-0.2, -0.15) is 0 Å². The zero-order valence-corrected chi connectivity index (χ0v) is 11.6. The normalized spacial score (nSPS) is 12.2. The summed E-state index contributed by atoms with van der Waals surface area (Å²) < 4.78 is 10.3. The quantitative estimate of drug-likeness (QED) is 0.766. The number of esters is 1. The summed E-state index contributed by atoms with van der Waals surface area (Å²) >= 11 is 0. The van der Waals surface area contributed by atoms with Gasteiger partial charge in [-0.15, -0.1) is 0 Å². The Bertz CT molecular complexity index is 441. The van der Waals surface area contributed by atoms with E-state index >= 15 is 0 Å². The molecule has 0 N–H and O–H groups in total. The number of benzene rings is 1. The summed E-state index contributed by atoms with van der Waals surface area (Å²) in [6, 6.07) is 7.65. The van der Waals surface area contributed by atoms with Gasteiger partial charge < -0.3 is 9.47 Å². The van der Waals surface area contributed by atoms with Crippen molar-refractivity contribution in [2.24, 2.45) is 0 Å². The Hall–Kier alpha value is -1.77. The summed E-state index contributed by atoms with van der Waals surface area (Å²) in [4.78, 5) is 11.5. The Kier molecular flexibility index (Phi) is 4.54. The lowest BCUT2D eigenvalue weighted by Crippen LogP contribution is -2.39. The van der Waals surface area contributed by atoms with Crippen LogP contribution in [-0.2, 0) is 9.53 Å². The summed E-state index contributed by atoms with van der Waals surface area (Å²) in [5, 5.41) is 0. The summed E-state index contributed by atoms with van der Waals surface area (Å²) in [6.45, 7) is 7.42. The summed E-state index contributed by atoms with van der Waals surface area (Å²) in [6.07, 6.45) is 2.05. The Labute approximate surface area is 108 Å². The molecule has 1 rings (SSSR count). The van der Waals surface area contributed by atoms with Gasteiger partial charge in [0.1, 0.15) is 5.75 Å². The molecule has 1 aromatic carbocycles. The molecule has 0 saturated heterocycles. The minimum atomic E-state index is -0.980. The number of rotatable bonds is 4. The van der Waals surface area contributed by atoms with Crippen molar-refractivity contribution in [2.75, 3.05) is 7.11 Å². The smallest absolute Gasteiger partial charge is 0.349 e. The molecule has 0 bridgehead atoms. The lowest BCUT2D eigenvalue weighted by atomic mass is 10.1. The Morgan fingerprint density at radius 3 is 2.22 bits per heavy atom. The molecule has 0 heterocycles. The van der Waals surface area contributed by atoms with Crippen LogP contribution >= 0.6 is 0 Å². The van der Waals surface area contributed by atoms with Gasteiger partial charge in [-0.1, -0.05) is 18.2 Å². The largest absolute Gasteiger partial charge is 0.476 e. The fourth-order valence-electron chi connectivity index (χ4n) is 1.53. The molecule has 0 aromatic heterocycles. The van der Waals surface area contributed by atoms with E-state index in [2.05, 4.69) is 0 Å². The average Bonchev–Trinajstić information content (AvgIpc) is 2.37. The van der Waals surface area contributed by atoms with E-state index in [9.17, 15) is 4.79 Å². The van der Waals surface area contributed by atoms with Crippen molar-refractivity contribution in [2.45, 2.75) is 33.3 Å². The first-order valence-corrected chi connectivity index (χ1v) is 5.91. The molecule has 3 heteroatoms. The standard InChI is InChI=1S/C15H20O3/c1-6-11(2)12-7-9-13(10-8-12)18-15(3,4)14(16)17-5/h6-10H,1-5H3. The molecule has 0 spiro atoms. The molecule has 0 aliphatic heterocycles. The van der Waals surface area contributed by atoms with Crippen LogP contribution in [0.4, 0.5) is 0 Å². The second kappa shape index (κ2) is 5.71. The topological polar surface area (TPSA) is 35.5 Å². The van der Waals surface area contributed by atoms with Crippen LogP contribution in [0.25, 0.3) is 5.57 Å². The molecule has 0 amide bonds. The van der Waals surface area contributed by atoms with Crippen LogP contribution in [0.1, 0.15) is 33.3 Å². The van der Waals surface area contributed by atoms with Gasteiger partial charge >= 0.3 is 5.97 Å². The van der Waals surface area contributed by atoms with E-state index in [4.69, 9.17) is 9.47 Å². The fraction of sp³-hybridized carbons (Fsp3) is 0.400. The third kappa shape index (κ3) is 3.36. The maximum atomic E-state index is 11.5. The first kappa shape index (κ1) is 14.3. The van der Waals surface area contributed by atoms with Crippen molar-refractivity contribution in [1.29, 1.82) is 0 Å². The molecule has 0 unspecified atom stereocenters. The number of carbonyl (C=O) groups excluding carboxylic acids is 1. The molecule has 0 fully saturated rings. The number of methoxy groups -OCH3 is 1. The van der Waals surface area contributed by atoms with E-state index in [1.807, 2.05) is 44.2 Å². The molecule has 0 radical (unpaired) electrons. The molecular weight excluding hydrogens is 228 g/mol. The highest BCUT2D eigenvalue weighted by Gasteiger charge is 2.30. The van der Waals surface area contributed by atoms with Gasteiger partial charge in [0.25, 0.3) is 0 Å². The van der Waals surface area contributed by atoms with Crippen molar-refractivity contribution in [3.8, 4) is 5.75 Å². The van der Waals surface area contributed by atoms with E-state index < -0.39 is 11.6 Å². The fourth-order valence-corrected chi connectivity index (χ4v) is 1.53. The van der Waals surface area contributed by atoms with Gasteiger partial charge in [0, 0.05) is 0 Å². The summed E-state index contributed by atoms with van der Waals surface area (Å²) in [5.74, 6) is 0.259. The monoisotopic (exact) mass is 248 g/mol. The predicted octanol–water partition coefficient (Wildman–Crippen LogP) is 3.44. The van der Waals surface area contributed by atoms with Crippen LogP contribution in [-0.4, -0.2) is 18.7 Å². The third-order valence-corrected chi connectivity index (χ3v) is 2.79. The van der Waals surface area contributed by atoms with Crippen LogP contribution in [0.15, 0.2) is 30.3 Å². The molecule has 3 nitrogen and oxygen atoms in total. The van der Waals surface area contributed by atoms with E-state index in [1.54, 1.807) is 13.8 Å². The summed E-state index contributed by atoms with van der Waals surface area (Å²) in [5.41, 5.74) is 1.36. The van der Waals surface area contributed by atoms with Gasteiger partial charge in [0.05, 0.1) is 7.11 Å². The SMILES string of the molecule is CC=C(C)c1ccc(OC(C)(C)C(=O)OC)cc1.